The maximum atomic E-state index is 12.8. The molecule has 1 unspecified atom stereocenters. The number of nitrogens with zero attached hydrogens (tertiary/aromatic N) is 1. The number of benzene rings is 2. The highest BCUT2D eigenvalue weighted by atomic mass is 16.5. The van der Waals surface area contributed by atoms with E-state index in [0.29, 0.717) is 25.9 Å². The molecule has 0 saturated carbocycles. The molecule has 2 aromatic carbocycles. The number of Topliss-reactive ketones (excluding diaryl/α,β-unsaturated/α-hetero) is 1. The molecule has 2 amide bonds. The lowest BCUT2D eigenvalue weighted by molar-refractivity contribution is -0.147. The Kier molecular flexibility index (Phi) is 7.96. The first-order chi connectivity index (χ1) is 15.4. The highest BCUT2D eigenvalue weighted by Gasteiger charge is 2.36. The van der Waals surface area contributed by atoms with Crippen molar-refractivity contribution in [1.82, 2.24) is 10.2 Å². The quantitative estimate of drug-likeness (QED) is 0.582. The van der Waals surface area contributed by atoms with Crippen LogP contribution in [0, 0.1) is 5.92 Å². The molecular weight excluding hydrogens is 412 g/mol. The summed E-state index contributed by atoms with van der Waals surface area (Å²) in [6.07, 6.45) is -0.395. The number of carbonyl (C=O) groups is 4. The molecule has 2 atom stereocenters. The van der Waals surface area contributed by atoms with Gasteiger partial charge in [0, 0.05) is 19.5 Å². The fourth-order valence-electron chi connectivity index (χ4n) is 3.65. The normalized spacial score (nSPS) is 16.8. The fraction of sp³-hybridized carbons (Fsp3) is 0.333. The molecule has 32 heavy (non-hydrogen) atoms. The maximum absolute atomic E-state index is 12.8. The van der Waals surface area contributed by atoms with Crippen molar-refractivity contribution in [3.8, 4) is 0 Å². The van der Waals surface area contributed by atoms with Gasteiger partial charge < -0.3 is 20.1 Å². The average molecular weight is 438 g/mol. The van der Waals surface area contributed by atoms with Crippen LogP contribution in [0.4, 0.5) is 4.79 Å². The topological polar surface area (TPSA) is 113 Å². The number of piperidine rings is 1. The number of aliphatic carboxylic acids is 1. The van der Waals surface area contributed by atoms with E-state index in [2.05, 4.69) is 5.32 Å². The van der Waals surface area contributed by atoms with Crippen LogP contribution in [0.3, 0.4) is 0 Å². The van der Waals surface area contributed by atoms with Crippen molar-refractivity contribution in [1.29, 1.82) is 0 Å². The van der Waals surface area contributed by atoms with Crippen LogP contribution in [0.2, 0.25) is 0 Å². The van der Waals surface area contributed by atoms with Crippen molar-refractivity contribution >= 4 is 23.8 Å². The van der Waals surface area contributed by atoms with Gasteiger partial charge in [-0.15, -0.1) is 0 Å². The van der Waals surface area contributed by atoms with Crippen LogP contribution in [-0.2, 0) is 32.3 Å². The summed E-state index contributed by atoms with van der Waals surface area (Å²) in [6, 6.07) is 16.9. The minimum Gasteiger partial charge on any atom is -0.480 e. The molecule has 1 aliphatic heterocycles. The van der Waals surface area contributed by atoms with Gasteiger partial charge >= 0.3 is 12.1 Å². The summed E-state index contributed by atoms with van der Waals surface area (Å²) >= 11 is 0. The van der Waals surface area contributed by atoms with E-state index in [1.165, 1.54) is 0 Å². The molecule has 0 spiro atoms. The van der Waals surface area contributed by atoms with Crippen LogP contribution in [0.15, 0.2) is 60.7 Å². The van der Waals surface area contributed by atoms with E-state index in [1.807, 2.05) is 36.4 Å². The van der Waals surface area contributed by atoms with E-state index in [1.54, 1.807) is 29.2 Å². The van der Waals surface area contributed by atoms with Crippen LogP contribution in [-0.4, -0.2) is 46.3 Å². The second-order valence-electron chi connectivity index (χ2n) is 7.71. The molecule has 3 rings (SSSR count). The van der Waals surface area contributed by atoms with Gasteiger partial charge in [-0.25, -0.2) is 9.59 Å². The molecule has 8 nitrogen and oxygen atoms in total. The molecule has 1 heterocycles. The zero-order valence-corrected chi connectivity index (χ0v) is 17.6. The van der Waals surface area contributed by atoms with Crippen molar-refractivity contribution in [2.24, 2.45) is 5.92 Å². The minimum absolute atomic E-state index is 0.0253. The van der Waals surface area contributed by atoms with Crippen LogP contribution < -0.4 is 5.32 Å². The third-order valence-corrected chi connectivity index (χ3v) is 5.34. The number of ketones is 1. The summed E-state index contributed by atoms with van der Waals surface area (Å²) in [5.74, 6) is -3.07. The summed E-state index contributed by atoms with van der Waals surface area (Å²) in [5.41, 5.74) is 1.71. The molecular formula is C24H26N2O6. The molecule has 2 N–H and O–H groups in total. The van der Waals surface area contributed by atoms with Gasteiger partial charge in [0.1, 0.15) is 18.4 Å². The number of likely N-dealkylation sites (tertiary alicyclic amines) is 1. The summed E-state index contributed by atoms with van der Waals surface area (Å²) in [4.78, 5) is 50.9. The van der Waals surface area contributed by atoms with Gasteiger partial charge in [-0.2, -0.15) is 0 Å². The van der Waals surface area contributed by atoms with E-state index in [9.17, 15) is 24.3 Å². The number of alkyl carbamates (subject to hydrolysis) is 1. The number of carboxylic acid groups (broad SMARTS) is 1. The van der Waals surface area contributed by atoms with Gasteiger partial charge in [0.25, 0.3) is 0 Å². The van der Waals surface area contributed by atoms with Crippen molar-refractivity contribution in [2.45, 2.75) is 38.5 Å². The third-order valence-electron chi connectivity index (χ3n) is 5.34. The van der Waals surface area contributed by atoms with E-state index >= 15 is 0 Å². The molecule has 168 valence electrons. The summed E-state index contributed by atoms with van der Waals surface area (Å²) in [5, 5.41) is 11.7. The lowest BCUT2D eigenvalue weighted by Gasteiger charge is -2.32. The Bertz CT molecular complexity index is 947. The molecule has 1 aliphatic rings. The number of hydrogen-bond acceptors (Lipinski definition) is 5. The Morgan fingerprint density at radius 3 is 2.28 bits per heavy atom. The van der Waals surface area contributed by atoms with Crippen LogP contribution in [0.5, 0.6) is 0 Å². The van der Waals surface area contributed by atoms with Gasteiger partial charge in [-0.3, -0.25) is 9.59 Å². The molecule has 0 bridgehead atoms. The first-order valence-electron chi connectivity index (χ1n) is 10.5. The number of nitrogens with one attached hydrogen (secondary N) is 1. The lowest BCUT2D eigenvalue weighted by atomic mass is 9.89. The van der Waals surface area contributed by atoms with E-state index in [-0.39, 0.29) is 12.5 Å². The Hall–Kier alpha value is -3.68. The van der Waals surface area contributed by atoms with E-state index < -0.39 is 36.2 Å². The summed E-state index contributed by atoms with van der Waals surface area (Å²) in [7, 11) is 0. The maximum Gasteiger partial charge on any atom is 0.408 e. The number of carbonyl (C=O) groups excluding carboxylic acids is 3. The third kappa shape index (κ3) is 6.41. The standard InChI is InChI=1S/C24H26N2O6/c27-21(19-12-7-13-26(22(19)28)15-17-8-3-1-4-9-17)14-20(23(29)30)25-24(31)32-16-18-10-5-2-6-11-18/h1-6,8-11,19-20H,7,12-16H2,(H,25,31)(H,29,30)/t19?,20-/m0/s1. The summed E-state index contributed by atoms with van der Waals surface area (Å²) in [6.45, 7) is 0.919. The van der Waals surface area contributed by atoms with Gasteiger partial charge in [0.15, 0.2) is 0 Å². The second kappa shape index (κ2) is 11.1. The highest BCUT2D eigenvalue weighted by molar-refractivity contribution is 6.03. The number of amides is 2. The predicted octanol–water partition coefficient (Wildman–Crippen LogP) is 2.76. The highest BCUT2D eigenvalue weighted by Crippen LogP contribution is 2.22. The first-order valence-corrected chi connectivity index (χ1v) is 10.5. The Morgan fingerprint density at radius 2 is 1.66 bits per heavy atom. The monoisotopic (exact) mass is 438 g/mol. The lowest BCUT2D eigenvalue weighted by Crippen LogP contribution is -2.47. The van der Waals surface area contributed by atoms with Gasteiger partial charge in [0.2, 0.25) is 5.91 Å². The first kappa shape index (κ1) is 23.0. The van der Waals surface area contributed by atoms with Gasteiger partial charge in [0.05, 0.1) is 5.92 Å². The van der Waals surface area contributed by atoms with Gasteiger partial charge in [-0.05, 0) is 24.0 Å². The second-order valence-corrected chi connectivity index (χ2v) is 7.71. The van der Waals surface area contributed by atoms with Crippen LogP contribution in [0.25, 0.3) is 0 Å². The number of rotatable bonds is 9. The molecule has 0 radical (unpaired) electrons. The Morgan fingerprint density at radius 1 is 1.03 bits per heavy atom. The Balaban J connectivity index is 1.55. The average Bonchev–Trinajstić information content (AvgIpc) is 2.80. The largest absolute Gasteiger partial charge is 0.480 e. The van der Waals surface area contributed by atoms with Crippen molar-refractivity contribution in [3.05, 3.63) is 71.8 Å². The Labute approximate surface area is 186 Å². The van der Waals surface area contributed by atoms with Crippen LogP contribution >= 0.6 is 0 Å². The minimum atomic E-state index is -1.47. The van der Waals surface area contributed by atoms with Crippen molar-refractivity contribution in [2.75, 3.05) is 6.54 Å². The van der Waals surface area contributed by atoms with Crippen molar-refractivity contribution < 1.29 is 29.0 Å². The molecule has 2 aromatic rings. The smallest absolute Gasteiger partial charge is 0.408 e. The van der Waals surface area contributed by atoms with Crippen molar-refractivity contribution in [3.63, 3.8) is 0 Å². The van der Waals surface area contributed by atoms with Gasteiger partial charge in [-0.1, -0.05) is 60.7 Å². The zero-order valence-electron chi connectivity index (χ0n) is 17.6. The SMILES string of the molecule is O=C(N[C@@H](CC(=O)C1CCCN(Cc2ccccc2)C1=O)C(=O)O)OCc1ccccc1. The summed E-state index contributed by atoms with van der Waals surface area (Å²) < 4.78 is 5.04. The zero-order chi connectivity index (χ0) is 22.9. The number of hydrogen-bond donors (Lipinski definition) is 2. The number of ether oxygens (including phenoxy) is 1. The molecule has 8 heteroatoms. The molecule has 0 aliphatic carbocycles. The molecule has 1 saturated heterocycles. The number of carboxylic acids is 1. The van der Waals surface area contributed by atoms with Crippen LogP contribution in [0.1, 0.15) is 30.4 Å². The van der Waals surface area contributed by atoms with E-state index in [4.69, 9.17) is 4.74 Å². The molecule has 1 fully saturated rings. The molecule has 0 aromatic heterocycles. The predicted molar refractivity (Wildman–Crippen MR) is 115 cm³/mol. The fourth-order valence-corrected chi connectivity index (χ4v) is 3.65. The van der Waals surface area contributed by atoms with E-state index in [0.717, 1.165) is 11.1 Å².